The zero-order chi connectivity index (χ0) is 14.8. The SMILES string of the molecule is CCS(=O)(=O)NCCNC(=NC)NCc1ccccn1. The van der Waals surface area contributed by atoms with E-state index < -0.39 is 10.0 Å². The van der Waals surface area contributed by atoms with Crippen LogP contribution in [0.1, 0.15) is 12.6 Å². The highest BCUT2D eigenvalue weighted by atomic mass is 32.2. The standard InChI is InChI=1S/C12H21N5O2S/c1-3-20(18,19)17-9-8-15-12(13-2)16-10-11-6-4-5-7-14-11/h4-7,17H,3,8-10H2,1-2H3,(H2,13,15,16). The maximum absolute atomic E-state index is 11.2. The molecule has 1 aromatic heterocycles. The summed E-state index contributed by atoms with van der Waals surface area (Å²) in [6.45, 7) is 2.94. The molecule has 3 N–H and O–H groups in total. The van der Waals surface area contributed by atoms with E-state index in [1.165, 1.54) is 0 Å². The van der Waals surface area contributed by atoms with Gasteiger partial charge in [-0.2, -0.15) is 0 Å². The number of hydrogen-bond donors (Lipinski definition) is 3. The first kappa shape index (κ1) is 16.4. The topological polar surface area (TPSA) is 95.5 Å². The molecular formula is C12H21N5O2S. The normalized spacial score (nSPS) is 12.2. The van der Waals surface area contributed by atoms with E-state index in [1.807, 2.05) is 18.2 Å². The van der Waals surface area contributed by atoms with Gasteiger partial charge in [0.15, 0.2) is 5.96 Å². The molecule has 0 spiro atoms. The number of sulfonamides is 1. The molecule has 0 aliphatic heterocycles. The summed E-state index contributed by atoms with van der Waals surface area (Å²) in [5.41, 5.74) is 0.905. The average molecular weight is 299 g/mol. The van der Waals surface area contributed by atoms with Crippen molar-refractivity contribution in [2.24, 2.45) is 4.99 Å². The van der Waals surface area contributed by atoms with Crippen molar-refractivity contribution in [2.45, 2.75) is 13.5 Å². The Morgan fingerprint density at radius 2 is 2.10 bits per heavy atom. The number of rotatable bonds is 7. The van der Waals surface area contributed by atoms with Crippen molar-refractivity contribution in [3.8, 4) is 0 Å². The summed E-state index contributed by atoms with van der Waals surface area (Å²) in [5, 5.41) is 6.12. The zero-order valence-corrected chi connectivity index (χ0v) is 12.6. The number of hydrogen-bond acceptors (Lipinski definition) is 4. The first-order chi connectivity index (χ1) is 9.57. The van der Waals surface area contributed by atoms with Crippen LogP contribution >= 0.6 is 0 Å². The van der Waals surface area contributed by atoms with E-state index in [2.05, 4.69) is 25.3 Å². The van der Waals surface area contributed by atoms with Gasteiger partial charge in [0, 0.05) is 26.3 Å². The molecule has 0 radical (unpaired) electrons. The lowest BCUT2D eigenvalue weighted by Gasteiger charge is -2.11. The Kier molecular flexibility index (Phi) is 6.96. The molecule has 0 aliphatic carbocycles. The molecule has 0 unspecified atom stereocenters. The molecule has 1 heterocycles. The van der Waals surface area contributed by atoms with Gasteiger partial charge in [0.1, 0.15) is 0 Å². The predicted molar refractivity (Wildman–Crippen MR) is 79.9 cm³/mol. The minimum absolute atomic E-state index is 0.0830. The van der Waals surface area contributed by atoms with Gasteiger partial charge in [-0.25, -0.2) is 13.1 Å². The van der Waals surface area contributed by atoms with Crippen LogP contribution in [0, 0.1) is 0 Å². The Morgan fingerprint density at radius 3 is 2.70 bits per heavy atom. The fourth-order valence-corrected chi connectivity index (χ4v) is 2.00. The quantitative estimate of drug-likeness (QED) is 0.364. The molecule has 0 atom stereocenters. The van der Waals surface area contributed by atoms with E-state index in [0.717, 1.165) is 5.69 Å². The highest BCUT2D eigenvalue weighted by molar-refractivity contribution is 7.89. The molecule has 1 aromatic rings. The zero-order valence-electron chi connectivity index (χ0n) is 11.8. The van der Waals surface area contributed by atoms with Gasteiger partial charge in [-0.3, -0.25) is 9.98 Å². The molecule has 7 nitrogen and oxygen atoms in total. The van der Waals surface area contributed by atoms with Gasteiger partial charge >= 0.3 is 0 Å². The van der Waals surface area contributed by atoms with Gasteiger partial charge in [-0.15, -0.1) is 0 Å². The van der Waals surface area contributed by atoms with E-state index in [1.54, 1.807) is 20.2 Å². The summed E-state index contributed by atoms with van der Waals surface area (Å²) in [5.74, 6) is 0.686. The Morgan fingerprint density at radius 1 is 1.30 bits per heavy atom. The van der Waals surface area contributed by atoms with Crippen molar-refractivity contribution in [1.29, 1.82) is 0 Å². The number of pyridine rings is 1. The van der Waals surface area contributed by atoms with Crippen LogP contribution in [-0.4, -0.2) is 45.3 Å². The summed E-state index contributed by atoms with van der Waals surface area (Å²) < 4.78 is 24.9. The summed E-state index contributed by atoms with van der Waals surface area (Å²) in [7, 11) is -1.48. The van der Waals surface area contributed by atoms with Crippen LogP contribution < -0.4 is 15.4 Å². The molecule has 20 heavy (non-hydrogen) atoms. The minimum Gasteiger partial charge on any atom is -0.355 e. The highest BCUT2D eigenvalue weighted by Gasteiger charge is 2.05. The van der Waals surface area contributed by atoms with Gasteiger partial charge in [-0.1, -0.05) is 6.07 Å². The molecule has 1 rings (SSSR count). The molecule has 0 aromatic carbocycles. The van der Waals surface area contributed by atoms with Gasteiger partial charge in [0.05, 0.1) is 18.0 Å². The Balaban J connectivity index is 2.27. The monoisotopic (exact) mass is 299 g/mol. The molecule has 0 saturated heterocycles. The third-order valence-electron chi connectivity index (χ3n) is 2.51. The van der Waals surface area contributed by atoms with E-state index in [-0.39, 0.29) is 5.75 Å². The van der Waals surface area contributed by atoms with E-state index in [0.29, 0.717) is 25.6 Å². The smallest absolute Gasteiger partial charge is 0.211 e. The van der Waals surface area contributed by atoms with Crippen LogP contribution in [-0.2, 0) is 16.6 Å². The first-order valence-electron chi connectivity index (χ1n) is 6.39. The van der Waals surface area contributed by atoms with Crippen LogP contribution in [0.3, 0.4) is 0 Å². The number of guanidine groups is 1. The molecule has 0 saturated carbocycles. The van der Waals surface area contributed by atoms with Gasteiger partial charge in [-0.05, 0) is 19.1 Å². The van der Waals surface area contributed by atoms with Crippen molar-refractivity contribution < 1.29 is 8.42 Å². The fraction of sp³-hybridized carbons (Fsp3) is 0.500. The Bertz CT molecular complexity index is 516. The van der Waals surface area contributed by atoms with Crippen LogP contribution in [0.25, 0.3) is 0 Å². The second-order valence-corrected chi connectivity index (χ2v) is 6.07. The van der Waals surface area contributed by atoms with E-state index in [9.17, 15) is 8.42 Å². The van der Waals surface area contributed by atoms with E-state index in [4.69, 9.17) is 0 Å². The second-order valence-electron chi connectivity index (χ2n) is 3.97. The number of aromatic nitrogens is 1. The van der Waals surface area contributed by atoms with Crippen LogP contribution in [0.5, 0.6) is 0 Å². The lowest BCUT2D eigenvalue weighted by atomic mass is 10.3. The molecule has 0 aliphatic rings. The summed E-state index contributed by atoms with van der Waals surface area (Å²) in [6, 6.07) is 5.69. The molecule has 8 heteroatoms. The summed E-state index contributed by atoms with van der Waals surface area (Å²) in [6.07, 6.45) is 1.73. The van der Waals surface area contributed by atoms with Crippen LogP contribution in [0.2, 0.25) is 0 Å². The van der Waals surface area contributed by atoms with Crippen molar-refractivity contribution in [3.63, 3.8) is 0 Å². The molecule has 112 valence electrons. The Labute approximate surface area is 120 Å². The number of nitrogens with one attached hydrogen (secondary N) is 3. The van der Waals surface area contributed by atoms with E-state index >= 15 is 0 Å². The lowest BCUT2D eigenvalue weighted by Crippen LogP contribution is -2.41. The first-order valence-corrected chi connectivity index (χ1v) is 8.04. The van der Waals surface area contributed by atoms with Gasteiger partial charge in [0.25, 0.3) is 0 Å². The summed E-state index contributed by atoms with van der Waals surface area (Å²) >= 11 is 0. The van der Waals surface area contributed by atoms with Gasteiger partial charge in [0.2, 0.25) is 10.0 Å². The number of aliphatic imine (C=N–C) groups is 1. The maximum Gasteiger partial charge on any atom is 0.211 e. The lowest BCUT2D eigenvalue weighted by molar-refractivity contribution is 0.582. The third kappa shape index (κ3) is 6.48. The third-order valence-corrected chi connectivity index (χ3v) is 3.91. The Hall–Kier alpha value is -1.67. The molecule has 0 fully saturated rings. The molecule has 0 bridgehead atoms. The van der Waals surface area contributed by atoms with Crippen molar-refractivity contribution in [2.75, 3.05) is 25.9 Å². The average Bonchev–Trinajstić information content (AvgIpc) is 2.47. The van der Waals surface area contributed by atoms with Gasteiger partial charge < -0.3 is 10.6 Å². The maximum atomic E-state index is 11.2. The minimum atomic E-state index is -3.14. The van der Waals surface area contributed by atoms with Crippen molar-refractivity contribution in [3.05, 3.63) is 30.1 Å². The van der Waals surface area contributed by atoms with Crippen LogP contribution in [0.15, 0.2) is 29.4 Å². The largest absolute Gasteiger partial charge is 0.355 e. The molecule has 0 amide bonds. The van der Waals surface area contributed by atoms with Crippen molar-refractivity contribution in [1.82, 2.24) is 20.3 Å². The second kappa shape index (κ2) is 8.49. The highest BCUT2D eigenvalue weighted by Crippen LogP contribution is 1.91. The predicted octanol–water partition coefficient (Wildman–Crippen LogP) is -0.314. The van der Waals surface area contributed by atoms with Crippen molar-refractivity contribution >= 4 is 16.0 Å². The summed E-state index contributed by atoms with van der Waals surface area (Å²) in [4.78, 5) is 8.23. The molecular weight excluding hydrogens is 278 g/mol. The fourth-order valence-electron chi connectivity index (χ4n) is 1.39. The number of nitrogens with zero attached hydrogens (tertiary/aromatic N) is 2. The van der Waals surface area contributed by atoms with Crippen LogP contribution in [0.4, 0.5) is 0 Å².